The van der Waals surface area contributed by atoms with Crippen molar-refractivity contribution < 1.29 is 9.15 Å². The predicted octanol–water partition coefficient (Wildman–Crippen LogP) is 6.77. The highest BCUT2D eigenvalue weighted by Gasteiger charge is 2.30. The Bertz CT molecular complexity index is 1310. The molecule has 3 aromatic carbocycles. The summed E-state index contributed by atoms with van der Waals surface area (Å²) >= 11 is 9.54. The van der Waals surface area contributed by atoms with Gasteiger partial charge in [-0.1, -0.05) is 63.9 Å². The Balaban J connectivity index is 1.77. The second-order valence-corrected chi connectivity index (χ2v) is 8.15. The second kappa shape index (κ2) is 7.21. The molecule has 1 unspecified atom stereocenters. The normalized spacial score (nSPS) is 15.5. The Morgan fingerprint density at radius 2 is 1.62 bits per heavy atom. The molecule has 0 amide bonds. The van der Waals surface area contributed by atoms with E-state index in [1.54, 1.807) is 6.07 Å². The van der Waals surface area contributed by atoms with Crippen molar-refractivity contribution in [3.05, 3.63) is 115 Å². The molecule has 0 fully saturated rings. The summed E-state index contributed by atoms with van der Waals surface area (Å²) in [4.78, 5) is 12.9. The van der Waals surface area contributed by atoms with Crippen molar-refractivity contribution in [1.29, 1.82) is 0 Å². The Hall–Kier alpha value is -2.82. The number of hydrogen-bond acceptors (Lipinski definition) is 3. The molecule has 0 spiro atoms. The summed E-state index contributed by atoms with van der Waals surface area (Å²) in [5.74, 6) is 0.924. The molecule has 0 N–H and O–H groups in total. The smallest absolute Gasteiger partial charge is 0.344 e. The number of ether oxygens (including phenoxy) is 1. The standard InChI is InChI=1S/C24H14BrClO3/c25-16-9-5-15(6-10-16)21-13-19(14-7-11-17(26)12-8-14)22-23(28-21)18-3-1-2-4-20(18)29-24(22)27/h1-13,19H. The summed E-state index contributed by atoms with van der Waals surface area (Å²) < 4.78 is 12.9. The highest BCUT2D eigenvalue weighted by atomic mass is 79.9. The lowest BCUT2D eigenvalue weighted by Gasteiger charge is -2.25. The van der Waals surface area contributed by atoms with E-state index in [2.05, 4.69) is 15.9 Å². The molecule has 0 aliphatic carbocycles. The van der Waals surface area contributed by atoms with Crippen molar-refractivity contribution in [2.24, 2.45) is 0 Å². The number of allylic oxidation sites excluding steroid dienone is 1. The van der Waals surface area contributed by atoms with Crippen LogP contribution in [0.25, 0.3) is 16.7 Å². The van der Waals surface area contributed by atoms with E-state index in [1.807, 2.05) is 72.8 Å². The molecule has 0 radical (unpaired) electrons. The van der Waals surface area contributed by atoms with Gasteiger partial charge in [0.1, 0.15) is 17.1 Å². The number of halogens is 2. The van der Waals surface area contributed by atoms with Crippen molar-refractivity contribution in [3.63, 3.8) is 0 Å². The minimum atomic E-state index is -0.398. The van der Waals surface area contributed by atoms with Gasteiger partial charge in [0, 0.05) is 21.0 Å². The van der Waals surface area contributed by atoms with Crippen LogP contribution in [0.2, 0.25) is 5.02 Å². The molecule has 2 heterocycles. The zero-order valence-electron chi connectivity index (χ0n) is 15.1. The maximum absolute atomic E-state index is 12.9. The summed E-state index contributed by atoms with van der Waals surface area (Å²) in [6.45, 7) is 0. The highest BCUT2D eigenvalue weighted by Crippen LogP contribution is 2.43. The van der Waals surface area contributed by atoms with Gasteiger partial charge in [-0.3, -0.25) is 0 Å². The van der Waals surface area contributed by atoms with Crippen LogP contribution in [0.1, 0.15) is 22.6 Å². The number of rotatable bonds is 2. The highest BCUT2D eigenvalue weighted by molar-refractivity contribution is 9.10. The third-order valence-corrected chi connectivity index (χ3v) is 5.78. The maximum atomic E-state index is 12.9. The fourth-order valence-corrected chi connectivity index (χ4v) is 3.99. The molecule has 142 valence electrons. The zero-order valence-corrected chi connectivity index (χ0v) is 17.4. The lowest BCUT2D eigenvalue weighted by molar-refractivity contribution is 0.472. The maximum Gasteiger partial charge on any atom is 0.344 e. The third kappa shape index (κ3) is 3.28. The first-order valence-electron chi connectivity index (χ1n) is 9.07. The van der Waals surface area contributed by atoms with Crippen molar-refractivity contribution in [2.75, 3.05) is 0 Å². The molecule has 4 aromatic rings. The van der Waals surface area contributed by atoms with E-state index in [-0.39, 0.29) is 5.92 Å². The fourth-order valence-electron chi connectivity index (χ4n) is 3.60. The van der Waals surface area contributed by atoms with Gasteiger partial charge in [0.05, 0.1) is 10.9 Å². The van der Waals surface area contributed by atoms with E-state index < -0.39 is 5.63 Å². The Morgan fingerprint density at radius 1 is 0.897 bits per heavy atom. The molecule has 0 bridgehead atoms. The summed E-state index contributed by atoms with van der Waals surface area (Å²) in [5, 5.41) is 1.41. The van der Waals surface area contributed by atoms with E-state index in [0.717, 1.165) is 21.0 Å². The predicted molar refractivity (Wildman–Crippen MR) is 119 cm³/mol. The molecule has 1 aliphatic heterocycles. The van der Waals surface area contributed by atoms with E-state index >= 15 is 0 Å². The number of para-hydroxylation sites is 1. The van der Waals surface area contributed by atoms with Crippen LogP contribution in [0.5, 0.6) is 5.75 Å². The van der Waals surface area contributed by atoms with Crippen LogP contribution < -0.4 is 10.4 Å². The minimum absolute atomic E-state index is 0.310. The summed E-state index contributed by atoms with van der Waals surface area (Å²) in [6, 6.07) is 22.8. The number of benzene rings is 3. The third-order valence-electron chi connectivity index (χ3n) is 5.00. The second-order valence-electron chi connectivity index (χ2n) is 6.80. The van der Waals surface area contributed by atoms with E-state index in [4.69, 9.17) is 20.8 Å². The first-order valence-corrected chi connectivity index (χ1v) is 10.2. The van der Waals surface area contributed by atoms with Gasteiger partial charge in [0.2, 0.25) is 0 Å². The quantitative estimate of drug-likeness (QED) is 0.307. The topological polar surface area (TPSA) is 39.4 Å². The van der Waals surface area contributed by atoms with Gasteiger partial charge in [0.25, 0.3) is 0 Å². The number of hydrogen-bond donors (Lipinski definition) is 0. The van der Waals surface area contributed by atoms with Gasteiger partial charge in [-0.25, -0.2) is 4.79 Å². The van der Waals surface area contributed by atoms with Crippen molar-refractivity contribution in [1.82, 2.24) is 0 Å². The van der Waals surface area contributed by atoms with Gasteiger partial charge in [0.15, 0.2) is 0 Å². The molecular weight excluding hydrogens is 452 g/mol. The van der Waals surface area contributed by atoms with Gasteiger partial charge in [-0.05, 0) is 48.0 Å². The summed E-state index contributed by atoms with van der Waals surface area (Å²) in [6.07, 6.45) is 1.96. The molecule has 0 saturated heterocycles. The van der Waals surface area contributed by atoms with Gasteiger partial charge in [-0.15, -0.1) is 0 Å². The van der Waals surface area contributed by atoms with E-state index in [9.17, 15) is 4.79 Å². The van der Waals surface area contributed by atoms with Crippen LogP contribution in [-0.4, -0.2) is 0 Å². The molecule has 1 aromatic heterocycles. The molecule has 5 heteroatoms. The van der Waals surface area contributed by atoms with E-state index in [1.165, 1.54) is 0 Å². The lowest BCUT2D eigenvalue weighted by Crippen LogP contribution is -2.19. The van der Waals surface area contributed by atoms with Gasteiger partial charge >= 0.3 is 5.63 Å². The van der Waals surface area contributed by atoms with Crippen molar-refractivity contribution in [3.8, 4) is 5.75 Å². The molecule has 1 aliphatic rings. The van der Waals surface area contributed by atoms with Crippen LogP contribution in [0.4, 0.5) is 0 Å². The zero-order chi connectivity index (χ0) is 20.0. The van der Waals surface area contributed by atoms with Gasteiger partial charge in [-0.2, -0.15) is 0 Å². The Morgan fingerprint density at radius 3 is 2.38 bits per heavy atom. The SMILES string of the molecule is O=c1oc2ccccc2c2c1C(c1ccc(Cl)cc1)C=C(c1ccc(Br)cc1)O2. The average molecular weight is 466 g/mol. The summed E-state index contributed by atoms with van der Waals surface area (Å²) in [7, 11) is 0. The minimum Gasteiger partial charge on any atom is -0.456 e. The van der Waals surface area contributed by atoms with Crippen LogP contribution in [0.15, 0.2) is 92.6 Å². The molecule has 29 heavy (non-hydrogen) atoms. The summed E-state index contributed by atoms with van der Waals surface area (Å²) in [5.41, 5.74) is 2.46. The van der Waals surface area contributed by atoms with Crippen LogP contribution in [0, 0.1) is 0 Å². The lowest BCUT2D eigenvalue weighted by atomic mass is 9.88. The van der Waals surface area contributed by atoms with Crippen LogP contribution in [0.3, 0.4) is 0 Å². The first-order chi connectivity index (χ1) is 14.1. The first kappa shape index (κ1) is 18.2. The van der Waals surface area contributed by atoms with Crippen LogP contribution in [-0.2, 0) is 0 Å². The largest absolute Gasteiger partial charge is 0.456 e. The number of fused-ring (bicyclic) bond motifs is 3. The molecular formula is C24H14BrClO3. The van der Waals surface area contributed by atoms with E-state index in [0.29, 0.717) is 27.7 Å². The Labute approximate surface area is 180 Å². The average Bonchev–Trinajstić information content (AvgIpc) is 2.74. The van der Waals surface area contributed by atoms with Crippen LogP contribution >= 0.6 is 27.5 Å². The monoisotopic (exact) mass is 464 g/mol. The fraction of sp³-hybridized carbons (Fsp3) is 0.0417. The molecule has 0 saturated carbocycles. The Kier molecular flexibility index (Phi) is 4.53. The van der Waals surface area contributed by atoms with Gasteiger partial charge < -0.3 is 9.15 Å². The molecule has 1 atom stereocenters. The van der Waals surface area contributed by atoms with Crippen molar-refractivity contribution in [2.45, 2.75) is 5.92 Å². The molecule has 3 nitrogen and oxygen atoms in total. The molecule has 5 rings (SSSR count). The van der Waals surface area contributed by atoms with Crippen molar-refractivity contribution >= 4 is 44.3 Å².